The molecule has 2 aromatic carbocycles. The Bertz CT molecular complexity index is 1030. The van der Waals surface area contributed by atoms with Crippen molar-refractivity contribution in [2.75, 3.05) is 0 Å². The molecule has 2 nitrogen and oxygen atoms in total. The van der Waals surface area contributed by atoms with E-state index < -0.39 is 17.5 Å². The highest BCUT2D eigenvalue weighted by atomic mass is 19.1. The maximum absolute atomic E-state index is 14.4. The van der Waals surface area contributed by atoms with Crippen molar-refractivity contribution in [3.63, 3.8) is 0 Å². The Labute approximate surface area is 122 Å². The van der Waals surface area contributed by atoms with Gasteiger partial charge in [-0.25, -0.2) is 13.2 Å². The molecule has 0 fully saturated rings. The first-order valence-corrected chi connectivity index (χ1v) is 6.60. The molecule has 0 saturated carbocycles. The van der Waals surface area contributed by atoms with Crippen LogP contribution in [0.25, 0.3) is 33.3 Å². The number of benzene rings is 2. The highest BCUT2D eigenvalue weighted by molar-refractivity contribution is 5.89. The van der Waals surface area contributed by atoms with Gasteiger partial charge in [0.15, 0.2) is 11.6 Å². The zero-order valence-electron chi connectivity index (χ0n) is 11.4. The highest BCUT2D eigenvalue weighted by Gasteiger charge is 2.22. The molecular formula is C17H9F3O2. The van der Waals surface area contributed by atoms with Gasteiger partial charge in [-0.15, -0.1) is 0 Å². The number of furan rings is 2. The second kappa shape index (κ2) is 4.40. The van der Waals surface area contributed by atoms with E-state index in [1.165, 1.54) is 30.5 Å². The number of rotatable bonds is 1. The molecule has 4 aromatic rings. The van der Waals surface area contributed by atoms with Crippen LogP contribution in [0, 0.1) is 24.4 Å². The van der Waals surface area contributed by atoms with Gasteiger partial charge in [0.1, 0.15) is 22.8 Å². The van der Waals surface area contributed by atoms with Gasteiger partial charge in [-0.1, -0.05) is 6.07 Å². The average Bonchev–Trinajstić information content (AvgIpc) is 3.01. The molecule has 0 amide bonds. The van der Waals surface area contributed by atoms with E-state index in [-0.39, 0.29) is 22.3 Å². The third-order valence-electron chi connectivity index (χ3n) is 3.71. The molecule has 0 N–H and O–H groups in total. The molecule has 110 valence electrons. The lowest BCUT2D eigenvalue weighted by Crippen LogP contribution is -1.86. The maximum atomic E-state index is 14.4. The summed E-state index contributed by atoms with van der Waals surface area (Å²) in [6, 6.07) is 6.57. The van der Waals surface area contributed by atoms with Crippen molar-refractivity contribution in [3.05, 3.63) is 59.6 Å². The molecule has 22 heavy (non-hydrogen) atoms. The minimum absolute atomic E-state index is 0.0302. The summed E-state index contributed by atoms with van der Waals surface area (Å²) in [5.41, 5.74) is 1.11. The third-order valence-corrected chi connectivity index (χ3v) is 3.71. The molecule has 0 aliphatic carbocycles. The Balaban J connectivity index is 2.05. The fraction of sp³-hybridized carbons (Fsp3) is 0.0588. The molecule has 0 unspecified atom stereocenters. The molecule has 4 rings (SSSR count). The molecule has 0 saturated heterocycles. The Kier molecular flexibility index (Phi) is 2.60. The van der Waals surface area contributed by atoms with E-state index in [1.54, 1.807) is 6.92 Å². The van der Waals surface area contributed by atoms with E-state index in [0.29, 0.717) is 11.0 Å². The average molecular weight is 302 g/mol. The van der Waals surface area contributed by atoms with E-state index in [0.717, 1.165) is 11.6 Å². The zero-order chi connectivity index (χ0) is 15.4. The standard InChI is InChI=1S/C17H9F3O2/c1-8-7-21-14-6-10(12(19)5-9(8)14)17-16(20)15-11(18)3-2-4-13(15)22-17/h2-7H,1H3. The molecule has 5 heteroatoms. The van der Waals surface area contributed by atoms with Gasteiger partial charge in [0.05, 0.1) is 17.2 Å². The lowest BCUT2D eigenvalue weighted by molar-refractivity contribution is 0.560. The van der Waals surface area contributed by atoms with Gasteiger partial charge in [-0.2, -0.15) is 0 Å². The molecule has 0 aliphatic heterocycles. The van der Waals surface area contributed by atoms with Crippen LogP contribution < -0.4 is 0 Å². The first-order chi connectivity index (χ1) is 10.6. The Morgan fingerprint density at radius 1 is 0.955 bits per heavy atom. The first-order valence-electron chi connectivity index (χ1n) is 6.60. The van der Waals surface area contributed by atoms with Crippen LogP contribution in [0.1, 0.15) is 5.56 Å². The summed E-state index contributed by atoms with van der Waals surface area (Å²) in [4.78, 5) is 0. The van der Waals surface area contributed by atoms with Crippen molar-refractivity contribution in [2.45, 2.75) is 6.92 Å². The van der Waals surface area contributed by atoms with Crippen LogP contribution in [0.4, 0.5) is 13.2 Å². The van der Waals surface area contributed by atoms with Crippen molar-refractivity contribution in [1.82, 2.24) is 0 Å². The maximum Gasteiger partial charge on any atom is 0.180 e. The minimum atomic E-state index is -0.922. The number of halogens is 3. The summed E-state index contributed by atoms with van der Waals surface area (Å²) in [5.74, 6) is -2.67. The molecule has 0 aliphatic rings. The monoisotopic (exact) mass is 302 g/mol. The van der Waals surface area contributed by atoms with Crippen LogP contribution >= 0.6 is 0 Å². The van der Waals surface area contributed by atoms with Gasteiger partial charge in [0, 0.05) is 5.39 Å². The van der Waals surface area contributed by atoms with E-state index in [9.17, 15) is 13.2 Å². The van der Waals surface area contributed by atoms with E-state index in [2.05, 4.69) is 0 Å². The van der Waals surface area contributed by atoms with E-state index in [4.69, 9.17) is 8.83 Å². The fourth-order valence-corrected chi connectivity index (χ4v) is 2.59. The first kappa shape index (κ1) is 13.0. The summed E-state index contributed by atoms with van der Waals surface area (Å²) in [5, 5.41) is 0.316. The second-order valence-corrected chi connectivity index (χ2v) is 5.11. The molecule has 2 aromatic heterocycles. The number of hydrogen-bond donors (Lipinski definition) is 0. The summed E-state index contributed by atoms with van der Waals surface area (Å²) in [6.45, 7) is 1.78. The zero-order valence-corrected chi connectivity index (χ0v) is 11.4. The fourth-order valence-electron chi connectivity index (χ4n) is 2.59. The van der Waals surface area contributed by atoms with E-state index >= 15 is 0 Å². The van der Waals surface area contributed by atoms with Crippen LogP contribution in [0.5, 0.6) is 0 Å². The van der Waals surface area contributed by atoms with Crippen molar-refractivity contribution < 1.29 is 22.0 Å². The van der Waals surface area contributed by atoms with Gasteiger partial charge >= 0.3 is 0 Å². The molecule has 0 bridgehead atoms. The summed E-state index contributed by atoms with van der Waals surface area (Å²) < 4.78 is 53.1. The lowest BCUT2D eigenvalue weighted by atomic mass is 10.1. The Morgan fingerprint density at radius 3 is 2.55 bits per heavy atom. The SMILES string of the molecule is Cc1coc2cc(-c3oc4cccc(F)c4c3F)c(F)cc12. The van der Waals surface area contributed by atoms with Crippen LogP contribution in [0.2, 0.25) is 0 Å². The summed E-state index contributed by atoms with van der Waals surface area (Å²) in [7, 11) is 0. The quantitative estimate of drug-likeness (QED) is 0.459. The Morgan fingerprint density at radius 2 is 1.77 bits per heavy atom. The second-order valence-electron chi connectivity index (χ2n) is 5.11. The number of hydrogen-bond acceptors (Lipinski definition) is 2. The number of fused-ring (bicyclic) bond motifs is 2. The van der Waals surface area contributed by atoms with Crippen molar-refractivity contribution >= 4 is 21.9 Å². The highest BCUT2D eigenvalue weighted by Crippen LogP contribution is 2.37. The van der Waals surface area contributed by atoms with E-state index in [1.807, 2.05) is 0 Å². The summed E-state index contributed by atoms with van der Waals surface area (Å²) >= 11 is 0. The van der Waals surface area contributed by atoms with Crippen LogP contribution in [0.3, 0.4) is 0 Å². The van der Waals surface area contributed by atoms with Crippen LogP contribution in [-0.4, -0.2) is 0 Å². The van der Waals surface area contributed by atoms with Crippen LogP contribution in [-0.2, 0) is 0 Å². The van der Waals surface area contributed by atoms with Gasteiger partial charge in [0.25, 0.3) is 0 Å². The molecule has 0 spiro atoms. The Hall–Kier alpha value is -2.69. The molecule has 2 heterocycles. The third kappa shape index (κ3) is 1.68. The minimum Gasteiger partial charge on any atom is -0.464 e. The predicted molar refractivity (Wildman–Crippen MR) is 76.0 cm³/mol. The number of aryl methyl sites for hydroxylation is 1. The lowest BCUT2D eigenvalue weighted by Gasteiger charge is -2.00. The van der Waals surface area contributed by atoms with Crippen LogP contribution in [0.15, 0.2) is 45.4 Å². The normalized spacial score (nSPS) is 11.6. The van der Waals surface area contributed by atoms with Gasteiger partial charge in [0.2, 0.25) is 0 Å². The van der Waals surface area contributed by atoms with Gasteiger partial charge in [-0.3, -0.25) is 0 Å². The predicted octanol–water partition coefficient (Wildman–Crippen LogP) is 5.57. The van der Waals surface area contributed by atoms with Crippen molar-refractivity contribution in [2.24, 2.45) is 0 Å². The largest absolute Gasteiger partial charge is 0.464 e. The van der Waals surface area contributed by atoms with Gasteiger partial charge < -0.3 is 8.83 Å². The molecule has 0 atom stereocenters. The van der Waals surface area contributed by atoms with Crippen molar-refractivity contribution in [3.8, 4) is 11.3 Å². The summed E-state index contributed by atoms with van der Waals surface area (Å²) in [6.07, 6.45) is 1.49. The van der Waals surface area contributed by atoms with Gasteiger partial charge in [-0.05, 0) is 36.8 Å². The topological polar surface area (TPSA) is 26.3 Å². The molecular weight excluding hydrogens is 293 g/mol. The molecule has 0 radical (unpaired) electrons. The smallest absolute Gasteiger partial charge is 0.180 e. The van der Waals surface area contributed by atoms with Crippen molar-refractivity contribution in [1.29, 1.82) is 0 Å².